The van der Waals surface area contributed by atoms with Gasteiger partial charge in [-0.3, -0.25) is 4.79 Å². The van der Waals surface area contributed by atoms with Gasteiger partial charge in [-0.2, -0.15) is 0 Å². The number of hydrogen-bond donors (Lipinski definition) is 1. The van der Waals surface area contributed by atoms with Crippen molar-refractivity contribution in [2.75, 3.05) is 19.6 Å². The molecule has 0 spiro atoms. The van der Waals surface area contributed by atoms with Crippen LogP contribution < -0.4 is 5.32 Å². The third kappa shape index (κ3) is 2.35. The van der Waals surface area contributed by atoms with Gasteiger partial charge in [0.1, 0.15) is 0 Å². The van der Waals surface area contributed by atoms with Gasteiger partial charge in [0.25, 0.3) is 0 Å². The summed E-state index contributed by atoms with van der Waals surface area (Å²) in [6.45, 7) is 7.04. The van der Waals surface area contributed by atoms with Crippen LogP contribution in [-0.4, -0.2) is 36.5 Å². The number of halogens is 1. The fourth-order valence-corrected chi connectivity index (χ4v) is 2.77. The second-order valence-electron chi connectivity index (χ2n) is 5.09. The number of nitrogens with one attached hydrogen (secondary N) is 1. The zero-order chi connectivity index (χ0) is 10.9. The number of piperazine rings is 1. The summed E-state index contributed by atoms with van der Waals surface area (Å²) in [6.07, 6.45) is 4.48. The molecule has 94 valence electrons. The molecule has 1 unspecified atom stereocenters. The van der Waals surface area contributed by atoms with Crippen molar-refractivity contribution in [2.45, 2.75) is 45.6 Å². The fourth-order valence-electron chi connectivity index (χ4n) is 2.77. The number of carbonyl (C=O) groups excluding carboxylic acids is 1. The lowest BCUT2D eigenvalue weighted by Crippen LogP contribution is -2.56. The number of carbonyl (C=O) groups is 1. The normalized spacial score (nSPS) is 27.9. The molecule has 0 radical (unpaired) electrons. The third-order valence-corrected chi connectivity index (χ3v) is 4.10. The Bertz CT molecular complexity index is 248. The standard InChI is InChI=1S/C12H22N2O.ClH/c1-3-12(5-4-6-12)11(15)14-8-7-13-10(2)9-14;/h10,13H,3-9H2,1-2H3;1H. The largest absolute Gasteiger partial charge is 0.339 e. The molecule has 1 heterocycles. The van der Waals surface area contributed by atoms with Gasteiger partial charge in [0.2, 0.25) is 5.91 Å². The SMILES string of the molecule is CCC1(C(=O)N2CCNC(C)C2)CCC1.Cl. The van der Waals surface area contributed by atoms with E-state index < -0.39 is 0 Å². The van der Waals surface area contributed by atoms with E-state index in [0.29, 0.717) is 11.9 Å². The zero-order valence-corrected chi connectivity index (χ0v) is 11.1. The van der Waals surface area contributed by atoms with Crippen LogP contribution in [0.4, 0.5) is 0 Å². The quantitative estimate of drug-likeness (QED) is 0.806. The molecule has 1 saturated carbocycles. The molecular weight excluding hydrogens is 224 g/mol. The van der Waals surface area contributed by atoms with Crippen LogP contribution in [-0.2, 0) is 4.79 Å². The van der Waals surface area contributed by atoms with E-state index in [1.54, 1.807) is 0 Å². The van der Waals surface area contributed by atoms with Gasteiger partial charge in [-0.05, 0) is 26.2 Å². The first-order chi connectivity index (χ1) is 7.18. The van der Waals surface area contributed by atoms with E-state index in [0.717, 1.165) is 38.9 Å². The van der Waals surface area contributed by atoms with Gasteiger partial charge in [0.05, 0.1) is 0 Å². The first kappa shape index (κ1) is 13.8. The van der Waals surface area contributed by atoms with Gasteiger partial charge in [-0.1, -0.05) is 13.3 Å². The topological polar surface area (TPSA) is 32.3 Å². The van der Waals surface area contributed by atoms with E-state index in [1.807, 2.05) is 0 Å². The molecule has 0 aromatic rings. The van der Waals surface area contributed by atoms with Gasteiger partial charge in [-0.25, -0.2) is 0 Å². The second-order valence-corrected chi connectivity index (χ2v) is 5.09. The first-order valence-corrected chi connectivity index (χ1v) is 6.21. The molecule has 1 aliphatic heterocycles. The van der Waals surface area contributed by atoms with Crippen LogP contribution in [0.1, 0.15) is 39.5 Å². The van der Waals surface area contributed by atoms with E-state index in [9.17, 15) is 4.79 Å². The van der Waals surface area contributed by atoms with Crippen molar-refractivity contribution < 1.29 is 4.79 Å². The van der Waals surface area contributed by atoms with Crippen molar-refractivity contribution in [3.63, 3.8) is 0 Å². The Labute approximate surface area is 104 Å². The molecule has 0 aromatic heterocycles. The molecule has 4 heteroatoms. The Hall–Kier alpha value is -0.280. The Kier molecular flexibility index (Phi) is 4.62. The average molecular weight is 247 g/mol. The van der Waals surface area contributed by atoms with E-state index >= 15 is 0 Å². The molecule has 1 aliphatic carbocycles. The summed E-state index contributed by atoms with van der Waals surface area (Å²) in [4.78, 5) is 14.5. The molecule has 1 atom stereocenters. The maximum absolute atomic E-state index is 12.4. The van der Waals surface area contributed by atoms with E-state index in [-0.39, 0.29) is 17.8 Å². The minimum Gasteiger partial charge on any atom is -0.339 e. The molecule has 2 fully saturated rings. The van der Waals surface area contributed by atoms with Crippen molar-refractivity contribution in [3.8, 4) is 0 Å². The molecule has 0 bridgehead atoms. The Morgan fingerprint density at radius 3 is 2.62 bits per heavy atom. The average Bonchev–Trinajstić information content (AvgIpc) is 2.17. The van der Waals surface area contributed by atoms with Crippen molar-refractivity contribution in [3.05, 3.63) is 0 Å². The maximum Gasteiger partial charge on any atom is 0.228 e. The van der Waals surface area contributed by atoms with Crippen LogP contribution >= 0.6 is 12.4 Å². The molecule has 1 saturated heterocycles. The molecule has 2 rings (SSSR count). The van der Waals surface area contributed by atoms with Gasteiger partial charge in [-0.15, -0.1) is 12.4 Å². The van der Waals surface area contributed by atoms with Gasteiger partial charge < -0.3 is 10.2 Å². The van der Waals surface area contributed by atoms with Crippen LogP contribution in [0.25, 0.3) is 0 Å². The minimum absolute atomic E-state index is 0. The summed E-state index contributed by atoms with van der Waals surface area (Å²) >= 11 is 0. The van der Waals surface area contributed by atoms with Crippen molar-refractivity contribution in [2.24, 2.45) is 5.41 Å². The molecule has 3 nitrogen and oxygen atoms in total. The molecule has 1 N–H and O–H groups in total. The summed E-state index contributed by atoms with van der Waals surface area (Å²) in [6, 6.07) is 0.455. The number of amides is 1. The lowest BCUT2D eigenvalue weighted by Gasteiger charge is -2.45. The van der Waals surface area contributed by atoms with Crippen LogP contribution in [0.5, 0.6) is 0 Å². The van der Waals surface area contributed by atoms with Gasteiger partial charge in [0.15, 0.2) is 0 Å². The number of nitrogens with zero attached hydrogens (tertiary/aromatic N) is 1. The Morgan fingerprint density at radius 1 is 1.50 bits per heavy atom. The first-order valence-electron chi connectivity index (χ1n) is 6.21. The number of rotatable bonds is 2. The van der Waals surface area contributed by atoms with Crippen molar-refractivity contribution in [1.82, 2.24) is 10.2 Å². The summed E-state index contributed by atoms with van der Waals surface area (Å²) in [5.41, 5.74) is 0.0249. The molecule has 16 heavy (non-hydrogen) atoms. The summed E-state index contributed by atoms with van der Waals surface area (Å²) < 4.78 is 0. The van der Waals surface area contributed by atoms with Gasteiger partial charge >= 0.3 is 0 Å². The zero-order valence-electron chi connectivity index (χ0n) is 10.3. The third-order valence-electron chi connectivity index (χ3n) is 4.10. The van der Waals surface area contributed by atoms with E-state index in [1.165, 1.54) is 6.42 Å². The lowest BCUT2D eigenvalue weighted by atomic mass is 9.66. The predicted molar refractivity (Wildman–Crippen MR) is 67.9 cm³/mol. The summed E-state index contributed by atoms with van der Waals surface area (Å²) in [5.74, 6) is 0.421. The van der Waals surface area contributed by atoms with Crippen molar-refractivity contribution in [1.29, 1.82) is 0 Å². The van der Waals surface area contributed by atoms with Crippen LogP contribution in [0.3, 0.4) is 0 Å². The smallest absolute Gasteiger partial charge is 0.228 e. The second kappa shape index (κ2) is 5.37. The lowest BCUT2D eigenvalue weighted by molar-refractivity contribution is -0.149. The molecular formula is C12H23ClN2O. The fraction of sp³-hybridized carbons (Fsp3) is 0.917. The van der Waals surface area contributed by atoms with Gasteiger partial charge in [0, 0.05) is 31.1 Å². The molecule has 0 aromatic carbocycles. The van der Waals surface area contributed by atoms with E-state index in [2.05, 4.69) is 24.1 Å². The number of hydrogen-bond acceptors (Lipinski definition) is 2. The highest BCUT2D eigenvalue weighted by molar-refractivity contribution is 5.85. The highest BCUT2D eigenvalue weighted by Gasteiger charge is 2.44. The van der Waals surface area contributed by atoms with Crippen molar-refractivity contribution >= 4 is 18.3 Å². The predicted octanol–water partition coefficient (Wildman–Crippen LogP) is 1.81. The van der Waals surface area contributed by atoms with Crippen LogP contribution in [0.2, 0.25) is 0 Å². The van der Waals surface area contributed by atoms with Crippen LogP contribution in [0.15, 0.2) is 0 Å². The Balaban J connectivity index is 0.00000128. The summed E-state index contributed by atoms with van der Waals surface area (Å²) in [7, 11) is 0. The molecule has 1 amide bonds. The minimum atomic E-state index is 0. The van der Waals surface area contributed by atoms with E-state index in [4.69, 9.17) is 0 Å². The van der Waals surface area contributed by atoms with Crippen LogP contribution in [0, 0.1) is 5.41 Å². The summed E-state index contributed by atoms with van der Waals surface area (Å²) in [5, 5.41) is 3.38. The maximum atomic E-state index is 12.4. The highest BCUT2D eigenvalue weighted by Crippen LogP contribution is 2.45. The molecule has 2 aliphatic rings. The highest BCUT2D eigenvalue weighted by atomic mass is 35.5. The monoisotopic (exact) mass is 246 g/mol. The Morgan fingerprint density at radius 2 is 2.19 bits per heavy atom.